The molecule has 0 radical (unpaired) electrons. The van der Waals surface area contributed by atoms with Gasteiger partial charge in [-0.25, -0.2) is 13.1 Å². The number of ketones is 1. The molecule has 0 aliphatic carbocycles. The standard InChI is InChI=1S/C22H20BrNO3S/c1-16-12-14-19(15-13-16)28(26,27)24-21(17-8-4-2-5-9-17)20(23)22(25)18-10-6-3-7-11-18/h2-15,20-21,24H,1H3/t20-,21-/m0/s1. The van der Waals surface area contributed by atoms with Crippen molar-refractivity contribution >= 4 is 31.7 Å². The highest BCUT2D eigenvalue weighted by molar-refractivity contribution is 9.10. The molecule has 28 heavy (non-hydrogen) atoms. The van der Waals surface area contributed by atoms with Crippen LogP contribution < -0.4 is 4.72 Å². The molecule has 4 nitrogen and oxygen atoms in total. The van der Waals surface area contributed by atoms with Gasteiger partial charge in [0.2, 0.25) is 10.0 Å². The van der Waals surface area contributed by atoms with Crippen molar-refractivity contribution in [3.8, 4) is 0 Å². The lowest BCUT2D eigenvalue weighted by Crippen LogP contribution is -2.37. The Hall–Kier alpha value is -2.28. The molecule has 0 spiro atoms. The number of alkyl halides is 1. The Balaban J connectivity index is 1.96. The highest BCUT2D eigenvalue weighted by Gasteiger charge is 2.32. The molecule has 0 saturated heterocycles. The minimum atomic E-state index is -3.82. The van der Waals surface area contributed by atoms with Gasteiger partial charge in [-0.1, -0.05) is 94.3 Å². The van der Waals surface area contributed by atoms with E-state index in [4.69, 9.17) is 0 Å². The number of carbonyl (C=O) groups excluding carboxylic acids is 1. The van der Waals surface area contributed by atoms with Crippen LogP contribution in [0.5, 0.6) is 0 Å². The van der Waals surface area contributed by atoms with E-state index in [0.29, 0.717) is 11.1 Å². The Kier molecular flexibility index (Phi) is 6.44. The second-order valence-corrected chi connectivity index (χ2v) is 9.16. The fourth-order valence-electron chi connectivity index (χ4n) is 2.82. The molecule has 1 N–H and O–H groups in total. The average Bonchev–Trinajstić information content (AvgIpc) is 2.72. The molecule has 3 aromatic rings. The number of carbonyl (C=O) groups is 1. The molecule has 0 aliphatic heterocycles. The van der Waals surface area contributed by atoms with Gasteiger partial charge in [0, 0.05) is 5.56 Å². The van der Waals surface area contributed by atoms with Crippen molar-refractivity contribution in [2.75, 3.05) is 0 Å². The fourth-order valence-corrected chi connectivity index (χ4v) is 4.94. The van der Waals surface area contributed by atoms with Gasteiger partial charge in [0.05, 0.1) is 15.8 Å². The van der Waals surface area contributed by atoms with Crippen LogP contribution in [0.15, 0.2) is 89.8 Å². The predicted molar refractivity (Wildman–Crippen MR) is 114 cm³/mol. The summed E-state index contributed by atoms with van der Waals surface area (Å²) in [5.74, 6) is -0.193. The summed E-state index contributed by atoms with van der Waals surface area (Å²) in [5, 5.41) is 0. The zero-order valence-electron chi connectivity index (χ0n) is 15.2. The third-order valence-electron chi connectivity index (χ3n) is 4.37. The lowest BCUT2D eigenvalue weighted by molar-refractivity contribution is 0.0982. The maximum Gasteiger partial charge on any atom is 0.241 e. The number of hydrogen-bond donors (Lipinski definition) is 1. The molecule has 6 heteroatoms. The van der Waals surface area contributed by atoms with E-state index in [0.717, 1.165) is 5.56 Å². The quantitative estimate of drug-likeness (QED) is 0.414. The number of nitrogens with one attached hydrogen (secondary N) is 1. The maximum atomic E-state index is 12.9. The molecule has 0 heterocycles. The van der Waals surface area contributed by atoms with Crippen molar-refractivity contribution in [1.82, 2.24) is 4.72 Å². The number of benzene rings is 3. The molecule has 0 saturated carbocycles. The van der Waals surface area contributed by atoms with Crippen LogP contribution in [0, 0.1) is 6.92 Å². The van der Waals surface area contributed by atoms with E-state index < -0.39 is 20.9 Å². The number of halogens is 1. The Morgan fingerprint density at radius 1 is 0.857 bits per heavy atom. The van der Waals surface area contributed by atoms with Gasteiger partial charge in [-0.15, -0.1) is 0 Å². The Labute approximate surface area is 173 Å². The fraction of sp³-hybridized carbons (Fsp3) is 0.136. The predicted octanol–water partition coefficient (Wildman–Crippen LogP) is 4.66. The van der Waals surface area contributed by atoms with Crippen LogP contribution in [0.2, 0.25) is 0 Å². The van der Waals surface area contributed by atoms with Crippen molar-refractivity contribution < 1.29 is 13.2 Å². The van der Waals surface area contributed by atoms with E-state index in [-0.39, 0.29) is 10.7 Å². The first-order valence-corrected chi connectivity index (χ1v) is 11.2. The molecule has 3 aromatic carbocycles. The summed E-state index contributed by atoms with van der Waals surface area (Å²) < 4.78 is 28.6. The smallest absolute Gasteiger partial charge is 0.241 e. The zero-order chi connectivity index (χ0) is 20.1. The van der Waals surface area contributed by atoms with Crippen LogP contribution in [0.3, 0.4) is 0 Å². The molecule has 0 bridgehead atoms. The van der Waals surface area contributed by atoms with Crippen molar-refractivity contribution in [3.63, 3.8) is 0 Å². The van der Waals surface area contributed by atoms with E-state index >= 15 is 0 Å². The van der Waals surface area contributed by atoms with Crippen LogP contribution >= 0.6 is 15.9 Å². The van der Waals surface area contributed by atoms with Gasteiger partial charge >= 0.3 is 0 Å². The number of hydrogen-bond acceptors (Lipinski definition) is 3. The number of sulfonamides is 1. The van der Waals surface area contributed by atoms with Gasteiger partial charge in [-0.05, 0) is 24.6 Å². The summed E-state index contributed by atoms with van der Waals surface area (Å²) in [6.07, 6.45) is 0. The van der Waals surface area contributed by atoms with Gasteiger partial charge in [-0.2, -0.15) is 0 Å². The summed E-state index contributed by atoms with van der Waals surface area (Å²) >= 11 is 3.44. The van der Waals surface area contributed by atoms with Crippen LogP contribution in [0.25, 0.3) is 0 Å². The topological polar surface area (TPSA) is 63.2 Å². The largest absolute Gasteiger partial charge is 0.293 e. The number of Topliss-reactive ketones (excluding diaryl/α,β-unsaturated/α-hetero) is 1. The molecular formula is C22H20BrNO3S. The molecule has 144 valence electrons. The van der Waals surface area contributed by atoms with E-state index in [1.54, 1.807) is 60.7 Å². The highest BCUT2D eigenvalue weighted by atomic mass is 79.9. The SMILES string of the molecule is Cc1ccc(S(=O)(=O)N[C@@H](c2ccccc2)[C@H](Br)C(=O)c2ccccc2)cc1. The van der Waals surface area contributed by atoms with E-state index in [9.17, 15) is 13.2 Å². The molecule has 0 aromatic heterocycles. The van der Waals surface area contributed by atoms with Crippen LogP contribution in [0.4, 0.5) is 0 Å². The van der Waals surface area contributed by atoms with Gasteiger partial charge < -0.3 is 0 Å². The van der Waals surface area contributed by atoms with E-state index in [2.05, 4.69) is 20.7 Å². The Bertz CT molecular complexity index is 1040. The highest BCUT2D eigenvalue weighted by Crippen LogP contribution is 2.28. The van der Waals surface area contributed by atoms with Gasteiger partial charge in [0.1, 0.15) is 0 Å². The summed E-state index contributed by atoms with van der Waals surface area (Å²) in [7, 11) is -3.82. The second kappa shape index (κ2) is 8.82. The lowest BCUT2D eigenvalue weighted by atomic mass is 9.98. The minimum Gasteiger partial charge on any atom is -0.293 e. The molecule has 0 aliphatic rings. The molecule has 0 unspecified atom stereocenters. The lowest BCUT2D eigenvalue weighted by Gasteiger charge is -2.23. The Morgan fingerprint density at radius 2 is 1.39 bits per heavy atom. The van der Waals surface area contributed by atoms with Gasteiger partial charge in [-0.3, -0.25) is 4.79 Å². The van der Waals surface area contributed by atoms with Crippen molar-refractivity contribution in [3.05, 3.63) is 102 Å². The molecule has 0 fully saturated rings. The van der Waals surface area contributed by atoms with E-state index in [1.807, 2.05) is 31.2 Å². The molecule has 2 atom stereocenters. The molecule has 0 amide bonds. The third kappa shape index (κ3) is 4.76. The number of aryl methyl sites for hydroxylation is 1. The molecular weight excluding hydrogens is 438 g/mol. The summed E-state index contributed by atoms with van der Waals surface area (Å²) in [5.41, 5.74) is 2.18. The normalized spacial score (nSPS) is 13.6. The van der Waals surface area contributed by atoms with E-state index in [1.165, 1.54) is 0 Å². The van der Waals surface area contributed by atoms with Crippen molar-refractivity contribution in [2.24, 2.45) is 0 Å². The minimum absolute atomic E-state index is 0.158. The Morgan fingerprint density at radius 3 is 1.96 bits per heavy atom. The van der Waals surface area contributed by atoms with Crippen molar-refractivity contribution in [1.29, 1.82) is 0 Å². The van der Waals surface area contributed by atoms with Crippen LogP contribution in [-0.2, 0) is 10.0 Å². The first-order valence-electron chi connectivity index (χ1n) is 8.76. The average molecular weight is 458 g/mol. The maximum absolute atomic E-state index is 12.9. The monoisotopic (exact) mass is 457 g/mol. The van der Waals surface area contributed by atoms with Crippen LogP contribution in [0.1, 0.15) is 27.5 Å². The first kappa shape index (κ1) is 20.5. The number of rotatable bonds is 7. The van der Waals surface area contributed by atoms with Gasteiger partial charge in [0.25, 0.3) is 0 Å². The van der Waals surface area contributed by atoms with Crippen molar-refractivity contribution in [2.45, 2.75) is 22.7 Å². The first-order chi connectivity index (χ1) is 13.4. The second-order valence-electron chi connectivity index (χ2n) is 6.45. The van der Waals surface area contributed by atoms with Crippen LogP contribution in [-0.4, -0.2) is 19.0 Å². The summed E-state index contributed by atoms with van der Waals surface area (Å²) in [6.45, 7) is 1.89. The summed E-state index contributed by atoms with van der Waals surface area (Å²) in [4.78, 5) is 12.3. The van der Waals surface area contributed by atoms with Gasteiger partial charge in [0.15, 0.2) is 5.78 Å². The zero-order valence-corrected chi connectivity index (χ0v) is 17.7. The summed E-state index contributed by atoms with van der Waals surface area (Å²) in [6, 6.07) is 23.7. The third-order valence-corrected chi connectivity index (χ3v) is 6.78. The molecule has 3 rings (SSSR count).